The summed E-state index contributed by atoms with van der Waals surface area (Å²) in [5.41, 5.74) is 0.588. The Hall–Kier alpha value is -1.84. The number of carboxylic acid groups (broad SMARTS) is 1. The molecule has 0 heterocycles. The standard InChI is InChI=1S/C8H8O2.C4H8O2/c1-10-8(9)7-5-3-2-4-6-7;1-2-3-4(5)6/h2-6H,1H3;2-3H2,1H3,(H,5,6). The van der Waals surface area contributed by atoms with Crippen molar-refractivity contribution in [2.24, 2.45) is 0 Å². The van der Waals surface area contributed by atoms with Crippen molar-refractivity contribution in [3.8, 4) is 0 Å². The summed E-state index contributed by atoms with van der Waals surface area (Å²) < 4.78 is 4.50. The van der Waals surface area contributed by atoms with Gasteiger partial charge in [-0.15, -0.1) is 0 Å². The summed E-state index contributed by atoms with van der Waals surface area (Å²) in [5, 5.41) is 7.91. The molecule has 0 unspecified atom stereocenters. The molecule has 0 aliphatic carbocycles. The number of rotatable bonds is 3. The van der Waals surface area contributed by atoms with Gasteiger partial charge in [0.05, 0.1) is 12.7 Å². The summed E-state index contributed by atoms with van der Waals surface area (Å²) in [6, 6.07) is 8.88. The summed E-state index contributed by atoms with van der Waals surface area (Å²) in [4.78, 5) is 20.4. The van der Waals surface area contributed by atoms with Crippen LogP contribution in [0.3, 0.4) is 0 Å². The van der Waals surface area contributed by atoms with Crippen LogP contribution >= 0.6 is 0 Å². The fourth-order valence-electron chi connectivity index (χ4n) is 0.906. The number of benzene rings is 1. The maximum Gasteiger partial charge on any atom is 0.337 e. The second-order valence-corrected chi connectivity index (χ2v) is 3.00. The highest BCUT2D eigenvalue weighted by molar-refractivity contribution is 5.89. The summed E-state index contributed by atoms with van der Waals surface area (Å²) in [6.45, 7) is 1.84. The van der Waals surface area contributed by atoms with Crippen LogP contribution in [0, 0.1) is 0 Å². The highest BCUT2D eigenvalue weighted by atomic mass is 16.5. The molecule has 0 bridgehead atoms. The Morgan fingerprint density at radius 2 is 1.81 bits per heavy atom. The molecule has 16 heavy (non-hydrogen) atoms. The molecular weight excluding hydrogens is 208 g/mol. The normalized spacial score (nSPS) is 8.62. The molecule has 0 saturated carbocycles. The largest absolute Gasteiger partial charge is 0.481 e. The first-order valence-corrected chi connectivity index (χ1v) is 4.97. The topological polar surface area (TPSA) is 63.6 Å². The molecule has 0 spiro atoms. The molecule has 1 aromatic carbocycles. The van der Waals surface area contributed by atoms with Gasteiger partial charge in [-0.3, -0.25) is 4.79 Å². The van der Waals surface area contributed by atoms with Gasteiger partial charge in [-0.2, -0.15) is 0 Å². The molecule has 0 aliphatic heterocycles. The number of methoxy groups -OCH3 is 1. The van der Waals surface area contributed by atoms with Crippen LogP contribution in [0.1, 0.15) is 30.1 Å². The lowest BCUT2D eigenvalue weighted by atomic mass is 10.2. The SMILES string of the molecule is CCCC(=O)O.COC(=O)c1ccccc1. The maximum absolute atomic E-state index is 10.8. The molecule has 0 radical (unpaired) electrons. The van der Waals surface area contributed by atoms with E-state index in [0.717, 1.165) is 6.42 Å². The summed E-state index contributed by atoms with van der Waals surface area (Å²) >= 11 is 0. The van der Waals surface area contributed by atoms with Crippen LogP contribution in [0.5, 0.6) is 0 Å². The molecule has 88 valence electrons. The molecule has 0 aliphatic rings. The van der Waals surface area contributed by atoms with E-state index in [0.29, 0.717) is 12.0 Å². The molecule has 1 aromatic rings. The second kappa shape index (κ2) is 8.47. The Morgan fingerprint density at radius 3 is 2.12 bits per heavy atom. The number of aliphatic carboxylic acids is 1. The second-order valence-electron chi connectivity index (χ2n) is 3.00. The predicted molar refractivity (Wildman–Crippen MR) is 60.3 cm³/mol. The highest BCUT2D eigenvalue weighted by Crippen LogP contribution is 1.98. The monoisotopic (exact) mass is 224 g/mol. The molecule has 0 saturated heterocycles. The number of esters is 1. The third kappa shape index (κ3) is 6.59. The molecule has 0 atom stereocenters. The van der Waals surface area contributed by atoms with E-state index < -0.39 is 5.97 Å². The van der Waals surface area contributed by atoms with Crippen LogP contribution in [0.4, 0.5) is 0 Å². The van der Waals surface area contributed by atoms with E-state index in [4.69, 9.17) is 5.11 Å². The first-order chi connectivity index (χ1) is 7.61. The van der Waals surface area contributed by atoms with Crippen molar-refractivity contribution in [2.45, 2.75) is 19.8 Å². The fourth-order valence-corrected chi connectivity index (χ4v) is 0.906. The van der Waals surface area contributed by atoms with Crippen LogP contribution in [0.15, 0.2) is 30.3 Å². The van der Waals surface area contributed by atoms with E-state index in [-0.39, 0.29) is 5.97 Å². The van der Waals surface area contributed by atoms with E-state index in [1.165, 1.54) is 7.11 Å². The van der Waals surface area contributed by atoms with Crippen molar-refractivity contribution in [3.05, 3.63) is 35.9 Å². The third-order valence-corrected chi connectivity index (χ3v) is 1.66. The number of carbonyl (C=O) groups is 2. The molecule has 0 fully saturated rings. The number of hydrogen-bond donors (Lipinski definition) is 1. The van der Waals surface area contributed by atoms with Gasteiger partial charge in [0.1, 0.15) is 0 Å². The predicted octanol–water partition coefficient (Wildman–Crippen LogP) is 2.34. The van der Waals surface area contributed by atoms with Crippen molar-refractivity contribution in [1.29, 1.82) is 0 Å². The van der Waals surface area contributed by atoms with Crippen molar-refractivity contribution >= 4 is 11.9 Å². The number of hydrogen-bond acceptors (Lipinski definition) is 3. The molecule has 4 heteroatoms. The zero-order valence-electron chi connectivity index (χ0n) is 9.47. The first-order valence-electron chi connectivity index (χ1n) is 4.97. The minimum atomic E-state index is -0.711. The molecule has 0 amide bonds. The van der Waals surface area contributed by atoms with Gasteiger partial charge in [-0.1, -0.05) is 25.1 Å². The van der Waals surface area contributed by atoms with E-state index in [9.17, 15) is 9.59 Å². The fraction of sp³-hybridized carbons (Fsp3) is 0.333. The Morgan fingerprint density at radius 1 is 1.25 bits per heavy atom. The lowest BCUT2D eigenvalue weighted by Gasteiger charge is -1.95. The third-order valence-electron chi connectivity index (χ3n) is 1.66. The smallest absolute Gasteiger partial charge is 0.337 e. The number of carbonyl (C=O) groups excluding carboxylic acids is 1. The first kappa shape index (κ1) is 14.2. The molecule has 0 aromatic heterocycles. The summed E-state index contributed by atoms with van der Waals surface area (Å²) in [5.74, 6) is -1.00. The summed E-state index contributed by atoms with van der Waals surface area (Å²) in [6.07, 6.45) is 1.02. The summed E-state index contributed by atoms with van der Waals surface area (Å²) in [7, 11) is 1.37. The van der Waals surface area contributed by atoms with Crippen LogP contribution in [0.25, 0.3) is 0 Å². The average molecular weight is 224 g/mol. The van der Waals surface area contributed by atoms with Crippen molar-refractivity contribution < 1.29 is 19.4 Å². The molecule has 1 rings (SSSR count). The zero-order valence-corrected chi connectivity index (χ0v) is 9.47. The maximum atomic E-state index is 10.8. The van der Waals surface area contributed by atoms with Crippen LogP contribution < -0.4 is 0 Å². The van der Waals surface area contributed by atoms with Gasteiger partial charge >= 0.3 is 11.9 Å². The lowest BCUT2D eigenvalue weighted by Crippen LogP contribution is -1.99. The number of ether oxygens (including phenoxy) is 1. The molecule has 4 nitrogen and oxygen atoms in total. The Balaban J connectivity index is 0.000000325. The zero-order chi connectivity index (χ0) is 12.4. The Kier molecular flexibility index (Phi) is 7.49. The van der Waals surface area contributed by atoms with E-state index in [1.807, 2.05) is 13.0 Å². The van der Waals surface area contributed by atoms with E-state index in [1.54, 1.807) is 24.3 Å². The van der Waals surface area contributed by atoms with Crippen LogP contribution in [-0.2, 0) is 9.53 Å². The minimum Gasteiger partial charge on any atom is -0.481 e. The lowest BCUT2D eigenvalue weighted by molar-refractivity contribution is -0.137. The molecular formula is C12H16O4. The average Bonchev–Trinajstić information content (AvgIpc) is 2.30. The van der Waals surface area contributed by atoms with Crippen molar-refractivity contribution in [3.63, 3.8) is 0 Å². The van der Waals surface area contributed by atoms with Crippen LogP contribution in [0.2, 0.25) is 0 Å². The van der Waals surface area contributed by atoms with Gasteiger partial charge < -0.3 is 9.84 Å². The minimum absolute atomic E-state index is 0.291. The Labute approximate surface area is 94.9 Å². The number of carboxylic acids is 1. The van der Waals surface area contributed by atoms with Gasteiger partial charge in [-0.05, 0) is 18.6 Å². The van der Waals surface area contributed by atoms with Gasteiger partial charge in [-0.25, -0.2) is 4.79 Å². The Bertz CT molecular complexity index is 319. The van der Waals surface area contributed by atoms with Gasteiger partial charge in [0.25, 0.3) is 0 Å². The highest BCUT2D eigenvalue weighted by Gasteiger charge is 2.00. The molecule has 1 N–H and O–H groups in total. The van der Waals surface area contributed by atoms with Crippen molar-refractivity contribution in [1.82, 2.24) is 0 Å². The quantitative estimate of drug-likeness (QED) is 0.800. The van der Waals surface area contributed by atoms with E-state index >= 15 is 0 Å². The van der Waals surface area contributed by atoms with Gasteiger partial charge in [0, 0.05) is 6.42 Å². The van der Waals surface area contributed by atoms with Crippen LogP contribution in [-0.4, -0.2) is 24.2 Å². The van der Waals surface area contributed by atoms with Gasteiger partial charge in [0.2, 0.25) is 0 Å². The van der Waals surface area contributed by atoms with E-state index in [2.05, 4.69) is 4.74 Å². The van der Waals surface area contributed by atoms with Gasteiger partial charge in [0.15, 0.2) is 0 Å². The van der Waals surface area contributed by atoms with Crippen molar-refractivity contribution in [2.75, 3.05) is 7.11 Å².